The van der Waals surface area contributed by atoms with Crippen molar-refractivity contribution in [3.8, 4) is 0 Å². The van der Waals surface area contributed by atoms with E-state index in [9.17, 15) is 13.6 Å². The zero-order valence-corrected chi connectivity index (χ0v) is 12.8. The lowest BCUT2D eigenvalue weighted by Gasteiger charge is -2.39. The molecule has 3 nitrogen and oxygen atoms in total. The van der Waals surface area contributed by atoms with Crippen LogP contribution in [-0.4, -0.2) is 29.9 Å². The van der Waals surface area contributed by atoms with Crippen LogP contribution in [0.2, 0.25) is 0 Å². The molecule has 2 N–H and O–H groups in total. The molecular formula is C15H21ClF2N2O. The van der Waals surface area contributed by atoms with Crippen LogP contribution in [0.5, 0.6) is 0 Å². The Kier molecular flexibility index (Phi) is 6.55. The van der Waals surface area contributed by atoms with Gasteiger partial charge in [0.25, 0.3) is 0 Å². The van der Waals surface area contributed by atoms with E-state index in [1.54, 1.807) is 4.90 Å². The summed E-state index contributed by atoms with van der Waals surface area (Å²) < 4.78 is 26.8. The first-order valence-electron chi connectivity index (χ1n) is 6.97. The minimum atomic E-state index is -0.935. The molecule has 2 unspecified atom stereocenters. The second kappa shape index (κ2) is 7.71. The molecule has 0 aliphatic carbocycles. The lowest BCUT2D eigenvalue weighted by molar-refractivity contribution is -0.135. The molecule has 0 radical (unpaired) electrons. The first-order valence-corrected chi connectivity index (χ1v) is 6.97. The zero-order valence-electron chi connectivity index (χ0n) is 12.0. The third-order valence-electron chi connectivity index (χ3n) is 4.05. The minimum absolute atomic E-state index is 0. The predicted octanol–water partition coefficient (Wildman–Crippen LogP) is 2.51. The molecule has 118 valence electrons. The van der Waals surface area contributed by atoms with Gasteiger partial charge in [0.2, 0.25) is 5.91 Å². The normalized spacial score (nSPS) is 21.8. The number of hydrogen-bond donors (Lipinski definition) is 1. The lowest BCUT2D eigenvalue weighted by atomic mass is 9.90. The molecular weight excluding hydrogens is 298 g/mol. The zero-order chi connectivity index (χ0) is 14.7. The first kappa shape index (κ1) is 17.9. The number of nitrogens with two attached hydrogens (primary N) is 1. The standard InChI is InChI=1S/C15H20F2N2O.ClH/c1-10-4-3-7-19(13(10)9-18)14(20)8-11-5-2-6-12(16)15(11)17;/h2,5-6,10,13H,3-4,7-9,18H2,1H3;1H. The summed E-state index contributed by atoms with van der Waals surface area (Å²) in [5.74, 6) is -1.69. The number of carbonyl (C=O) groups excluding carboxylic acids is 1. The van der Waals surface area contributed by atoms with Crippen LogP contribution in [0.15, 0.2) is 18.2 Å². The summed E-state index contributed by atoms with van der Waals surface area (Å²) >= 11 is 0. The second-order valence-corrected chi connectivity index (χ2v) is 5.40. The summed E-state index contributed by atoms with van der Waals surface area (Å²) in [7, 11) is 0. The predicted molar refractivity (Wildman–Crippen MR) is 80.3 cm³/mol. The van der Waals surface area contributed by atoms with Gasteiger partial charge in [0.15, 0.2) is 11.6 Å². The smallest absolute Gasteiger partial charge is 0.227 e. The SMILES string of the molecule is CC1CCCN(C(=O)Cc2cccc(F)c2F)C1CN.Cl. The van der Waals surface area contributed by atoms with Crippen molar-refractivity contribution in [2.45, 2.75) is 32.2 Å². The summed E-state index contributed by atoms with van der Waals surface area (Å²) in [4.78, 5) is 14.0. The molecule has 1 amide bonds. The van der Waals surface area contributed by atoms with Crippen molar-refractivity contribution in [1.82, 2.24) is 4.90 Å². The van der Waals surface area contributed by atoms with Gasteiger partial charge < -0.3 is 10.6 Å². The van der Waals surface area contributed by atoms with E-state index in [1.807, 2.05) is 0 Å². The van der Waals surface area contributed by atoms with Gasteiger partial charge in [-0.25, -0.2) is 8.78 Å². The van der Waals surface area contributed by atoms with Crippen molar-refractivity contribution in [2.24, 2.45) is 11.7 Å². The fourth-order valence-electron chi connectivity index (χ4n) is 2.87. The average molecular weight is 319 g/mol. The third-order valence-corrected chi connectivity index (χ3v) is 4.05. The first-order chi connectivity index (χ1) is 9.54. The minimum Gasteiger partial charge on any atom is -0.338 e. The number of piperidine rings is 1. The lowest BCUT2D eigenvalue weighted by Crippen LogP contribution is -2.51. The molecule has 6 heteroatoms. The van der Waals surface area contributed by atoms with Crippen molar-refractivity contribution in [1.29, 1.82) is 0 Å². The number of benzene rings is 1. The van der Waals surface area contributed by atoms with Crippen LogP contribution in [0.3, 0.4) is 0 Å². The molecule has 0 saturated carbocycles. The van der Waals surface area contributed by atoms with Gasteiger partial charge in [-0.1, -0.05) is 19.1 Å². The van der Waals surface area contributed by atoms with Gasteiger partial charge >= 0.3 is 0 Å². The van der Waals surface area contributed by atoms with Crippen molar-refractivity contribution < 1.29 is 13.6 Å². The summed E-state index contributed by atoms with van der Waals surface area (Å²) in [5, 5.41) is 0. The monoisotopic (exact) mass is 318 g/mol. The highest BCUT2D eigenvalue weighted by atomic mass is 35.5. The quantitative estimate of drug-likeness (QED) is 0.931. The number of halogens is 3. The molecule has 1 aromatic rings. The van der Waals surface area contributed by atoms with E-state index in [1.165, 1.54) is 12.1 Å². The largest absolute Gasteiger partial charge is 0.338 e. The molecule has 1 saturated heterocycles. The summed E-state index contributed by atoms with van der Waals surface area (Å²) in [5.41, 5.74) is 5.84. The average Bonchev–Trinajstić information content (AvgIpc) is 2.43. The highest BCUT2D eigenvalue weighted by Crippen LogP contribution is 2.24. The van der Waals surface area contributed by atoms with Crippen LogP contribution in [0.1, 0.15) is 25.3 Å². The van der Waals surface area contributed by atoms with Gasteiger partial charge in [0, 0.05) is 24.7 Å². The van der Waals surface area contributed by atoms with E-state index in [4.69, 9.17) is 5.73 Å². The van der Waals surface area contributed by atoms with E-state index < -0.39 is 11.6 Å². The molecule has 1 aliphatic heterocycles. The van der Waals surface area contributed by atoms with Gasteiger partial charge in [-0.3, -0.25) is 4.79 Å². The molecule has 1 aromatic carbocycles. The van der Waals surface area contributed by atoms with Crippen LogP contribution in [0, 0.1) is 17.6 Å². The topological polar surface area (TPSA) is 46.3 Å². The summed E-state index contributed by atoms with van der Waals surface area (Å²) in [6.07, 6.45) is 1.85. The van der Waals surface area contributed by atoms with E-state index in [0.29, 0.717) is 19.0 Å². The molecule has 2 rings (SSSR count). The summed E-state index contributed by atoms with van der Waals surface area (Å²) in [6.45, 7) is 3.11. The van der Waals surface area contributed by atoms with Gasteiger partial charge in [0.05, 0.1) is 6.42 Å². The van der Waals surface area contributed by atoms with E-state index >= 15 is 0 Å². The van der Waals surface area contributed by atoms with Gasteiger partial charge in [-0.2, -0.15) is 0 Å². The molecule has 21 heavy (non-hydrogen) atoms. The molecule has 0 aromatic heterocycles. The Labute approximate surface area is 129 Å². The molecule has 0 spiro atoms. The van der Waals surface area contributed by atoms with E-state index in [2.05, 4.69) is 6.92 Å². The highest BCUT2D eigenvalue weighted by molar-refractivity contribution is 5.85. The van der Waals surface area contributed by atoms with Gasteiger partial charge in [-0.05, 0) is 24.8 Å². The van der Waals surface area contributed by atoms with Crippen molar-refractivity contribution in [3.05, 3.63) is 35.4 Å². The van der Waals surface area contributed by atoms with Gasteiger partial charge in [-0.15, -0.1) is 12.4 Å². The fraction of sp³-hybridized carbons (Fsp3) is 0.533. The van der Waals surface area contributed by atoms with Crippen molar-refractivity contribution in [2.75, 3.05) is 13.1 Å². The van der Waals surface area contributed by atoms with Crippen LogP contribution in [0.25, 0.3) is 0 Å². The number of hydrogen-bond acceptors (Lipinski definition) is 2. The molecule has 1 aliphatic rings. The second-order valence-electron chi connectivity index (χ2n) is 5.40. The summed E-state index contributed by atoms with van der Waals surface area (Å²) in [6, 6.07) is 3.91. The van der Waals surface area contributed by atoms with Crippen LogP contribution in [-0.2, 0) is 11.2 Å². The molecule has 2 atom stereocenters. The maximum Gasteiger partial charge on any atom is 0.227 e. The molecule has 1 heterocycles. The number of rotatable bonds is 3. The number of nitrogens with zero attached hydrogens (tertiary/aromatic N) is 1. The van der Waals surface area contributed by atoms with Crippen LogP contribution in [0.4, 0.5) is 8.78 Å². The number of likely N-dealkylation sites (tertiary alicyclic amines) is 1. The Morgan fingerprint density at radius 2 is 2.14 bits per heavy atom. The van der Waals surface area contributed by atoms with Crippen LogP contribution < -0.4 is 5.73 Å². The Hall–Kier alpha value is -1.20. The maximum absolute atomic E-state index is 13.6. The van der Waals surface area contributed by atoms with E-state index in [0.717, 1.165) is 18.9 Å². The Morgan fingerprint density at radius 3 is 2.81 bits per heavy atom. The Bertz CT molecular complexity index is 499. The number of carbonyl (C=O) groups is 1. The Balaban J connectivity index is 0.00000220. The molecule has 1 fully saturated rings. The van der Waals surface area contributed by atoms with Crippen molar-refractivity contribution in [3.63, 3.8) is 0 Å². The number of amides is 1. The highest BCUT2D eigenvalue weighted by Gasteiger charge is 2.31. The third kappa shape index (κ3) is 3.92. The van der Waals surface area contributed by atoms with Gasteiger partial charge in [0.1, 0.15) is 0 Å². The fourth-order valence-corrected chi connectivity index (χ4v) is 2.87. The molecule has 0 bridgehead atoms. The van der Waals surface area contributed by atoms with E-state index in [-0.39, 0.29) is 36.3 Å². The van der Waals surface area contributed by atoms with Crippen molar-refractivity contribution >= 4 is 18.3 Å². The van der Waals surface area contributed by atoms with Crippen LogP contribution >= 0.6 is 12.4 Å². The maximum atomic E-state index is 13.6. The Morgan fingerprint density at radius 1 is 1.43 bits per heavy atom.